The largest absolute Gasteiger partial charge is 0.393 e. The lowest BCUT2D eigenvalue weighted by molar-refractivity contribution is -0.288. The van der Waals surface area contributed by atoms with E-state index in [2.05, 4.69) is 55.4 Å². The SMILES string of the molecule is CC1CCC2(C)CCC3(C)C4C(O)CC5(C)C(C)CCCC5C4(C)CCC3(C)C2C1C. The zero-order valence-corrected chi connectivity index (χ0v) is 22.1. The molecule has 0 spiro atoms. The first-order chi connectivity index (χ1) is 14.3. The highest BCUT2D eigenvalue weighted by atomic mass is 16.3. The molecule has 12 atom stereocenters. The van der Waals surface area contributed by atoms with E-state index in [1.165, 1.54) is 57.8 Å². The Hall–Kier alpha value is -0.0400. The monoisotopic (exact) mass is 428 g/mol. The lowest BCUT2D eigenvalue weighted by Gasteiger charge is -2.76. The Balaban J connectivity index is 1.60. The predicted octanol–water partition coefficient (Wildman–Crippen LogP) is 8.10. The summed E-state index contributed by atoms with van der Waals surface area (Å²) in [5.41, 5.74) is 1.81. The van der Waals surface area contributed by atoms with Gasteiger partial charge >= 0.3 is 0 Å². The van der Waals surface area contributed by atoms with Crippen LogP contribution in [-0.2, 0) is 0 Å². The molecule has 0 aliphatic heterocycles. The second-order valence-corrected chi connectivity index (χ2v) is 15.0. The van der Waals surface area contributed by atoms with Crippen LogP contribution in [0.4, 0.5) is 0 Å². The summed E-state index contributed by atoms with van der Waals surface area (Å²) >= 11 is 0. The van der Waals surface area contributed by atoms with Crippen LogP contribution >= 0.6 is 0 Å². The van der Waals surface area contributed by atoms with Gasteiger partial charge in [-0.05, 0) is 114 Å². The summed E-state index contributed by atoms with van der Waals surface area (Å²) in [6.07, 6.45) is 13.4. The van der Waals surface area contributed by atoms with Gasteiger partial charge in [0.1, 0.15) is 0 Å². The van der Waals surface area contributed by atoms with E-state index in [0.29, 0.717) is 27.6 Å². The van der Waals surface area contributed by atoms with E-state index in [-0.39, 0.29) is 11.5 Å². The molecule has 5 aliphatic rings. The molecule has 0 aromatic carbocycles. The van der Waals surface area contributed by atoms with Crippen molar-refractivity contribution in [1.29, 1.82) is 0 Å². The van der Waals surface area contributed by atoms with Gasteiger partial charge in [-0.2, -0.15) is 0 Å². The quantitative estimate of drug-likeness (QED) is 0.413. The van der Waals surface area contributed by atoms with Crippen molar-refractivity contribution in [3.8, 4) is 0 Å². The summed E-state index contributed by atoms with van der Waals surface area (Å²) in [6.45, 7) is 20.8. The number of aliphatic hydroxyl groups excluding tert-OH is 1. The Bertz CT molecular complexity index is 730. The van der Waals surface area contributed by atoms with E-state index in [4.69, 9.17) is 0 Å². The van der Waals surface area contributed by atoms with Crippen molar-refractivity contribution in [1.82, 2.24) is 0 Å². The minimum atomic E-state index is -0.114. The fourth-order valence-corrected chi connectivity index (χ4v) is 12.0. The fraction of sp³-hybridized carbons (Fsp3) is 1.00. The Morgan fingerprint density at radius 3 is 2.03 bits per heavy atom. The molecular weight excluding hydrogens is 376 g/mol. The zero-order valence-electron chi connectivity index (χ0n) is 22.1. The highest BCUT2D eigenvalue weighted by molar-refractivity contribution is 5.21. The van der Waals surface area contributed by atoms with Gasteiger partial charge in [0.05, 0.1) is 6.10 Å². The molecule has 5 rings (SSSR count). The number of fused-ring (bicyclic) bond motifs is 7. The van der Waals surface area contributed by atoms with Gasteiger partial charge in [-0.1, -0.05) is 68.2 Å². The van der Waals surface area contributed by atoms with Crippen molar-refractivity contribution in [2.45, 2.75) is 126 Å². The number of hydrogen-bond acceptors (Lipinski definition) is 1. The molecule has 0 bridgehead atoms. The minimum Gasteiger partial charge on any atom is -0.393 e. The van der Waals surface area contributed by atoms with Crippen LogP contribution in [0.1, 0.15) is 120 Å². The molecule has 0 aromatic rings. The summed E-state index contributed by atoms with van der Waals surface area (Å²) < 4.78 is 0. The highest BCUT2D eigenvalue weighted by Crippen LogP contribution is 2.78. The summed E-state index contributed by atoms with van der Waals surface area (Å²) in [7, 11) is 0. The van der Waals surface area contributed by atoms with Gasteiger partial charge in [0.15, 0.2) is 0 Å². The van der Waals surface area contributed by atoms with Crippen LogP contribution in [0.25, 0.3) is 0 Å². The van der Waals surface area contributed by atoms with Crippen LogP contribution in [0.5, 0.6) is 0 Å². The Kier molecular flexibility index (Phi) is 4.96. The smallest absolute Gasteiger partial charge is 0.0584 e. The predicted molar refractivity (Wildman–Crippen MR) is 131 cm³/mol. The molecule has 31 heavy (non-hydrogen) atoms. The van der Waals surface area contributed by atoms with Crippen LogP contribution in [0.2, 0.25) is 0 Å². The maximum absolute atomic E-state index is 12.0. The molecule has 0 amide bonds. The molecular formula is C30H52O. The lowest BCUT2D eigenvalue weighted by Crippen LogP contribution is -2.71. The van der Waals surface area contributed by atoms with Gasteiger partial charge in [0.2, 0.25) is 0 Å². The maximum atomic E-state index is 12.0. The number of rotatable bonds is 0. The van der Waals surface area contributed by atoms with Crippen LogP contribution in [-0.4, -0.2) is 11.2 Å². The molecule has 1 nitrogen and oxygen atoms in total. The third-order valence-corrected chi connectivity index (χ3v) is 14.0. The summed E-state index contributed by atoms with van der Waals surface area (Å²) in [5, 5.41) is 12.0. The molecule has 5 saturated carbocycles. The number of hydrogen-bond donors (Lipinski definition) is 1. The Morgan fingerprint density at radius 1 is 0.677 bits per heavy atom. The first-order valence-electron chi connectivity index (χ1n) is 14.0. The lowest BCUT2D eigenvalue weighted by atomic mass is 9.29. The molecule has 0 saturated heterocycles. The molecule has 5 aliphatic carbocycles. The first-order valence-corrected chi connectivity index (χ1v) is 14.0. The van der Waals surface area contributed by atoms with Crippen molar-refractivity contribution in [3.63, 3.8) is 0 Å². The molecule has 1 heteroatoms. The van der Waals surface area contributed by atoms with Crippen LogP contribution in [0.15, 0.2) is 0 Å². The second-order valence-electron chi connectivity index (χ2n) is 15.0. The molecule has 0 heterocycles. The van der Waals surface area contributed by atoms with E-state index in [0.717, 1.165) is 36.0 Å². The van der Waals surface area contributed by atoms with E-state index < -0.39 is 0 Å². The molecule has 0 radical (unpaired) electrons. The van der Waals surface area contributed by atoms with Crippen LogP contribution in [0.3, 0.4) is 0 Å². The van der Waals surface area contributed by atoms with Gasteiger partial charge in [-0.25, -0.2) is 0 Å². The van der Waals surface area contributed by atoms with Crippen molar-refractivity contribution < 1.29 is 5.11 Å². The van der Waals surface area contributed by atoms with Gasteiger partial charge in [-0.3, -0.25) is 0 Å². The number of aliphatic hydroxyl groups is 1. The summed E-state index contributed by atoms with van der Waals surface area (Å²) in [5.74, 6) is 4.52. The molecule has 12 unspecified atom stereocenters. The zero-order chi connectivity index (χ0) is 22.6. The van der Waals surface area contributed by atoms with E-state index in [9.17, 15) is 5.11 Å². The summed E-state index contributed by atoms with van der Waals surface area (Å²) in [4.78, 5) is 0. The summed E-state index contributed by atoms with van der Waals surface area (Å²) in [6, 6.07) is 0. The van der Waals surface area contributed by atoms with Gasteiger partial charge < -0.3 is 5.11 Å². The van der Waals surface area contributed by atoms with Crippen LogP contribution in [0, 0.1) is 62.6 Å². The topological polar surface area (TPSA) is 20.2 Å². The molecule has 178 valence electrons. The average Bonchev–Trinajstić information content (AvgIpc) is 2.68. The molecule has 1 N–H and O–H groups in total. The van der Waals surface area contributed by atoms with Crippen molar-refractivity contribution in [3.05, 3.63) is 0 Å². The van der Waals surface area contributed by atoms with E-state index in [1.54, 1.807) is 0 Å². The highest BCUT2D eigenvalue weighted by Gasteiger charge is 2.72. The first kappa shape index (κ1) is 22.7. The Morgan fingerprint density at radius 2 is 1.32 bits per heavy atom. The van der Waals surface area contributed by atoms with Crippen molar-refractivity contribution in [2.75, 3.05) is 0 Å². The normalized spacial score (nSPS) is 64.0. The standard InChI is InChI=1S/C30H52O/c1-19-12-13-26(4)14-16-30(8)25-22(31)18-28(6)20(2)10-9-11-23(28)27(25,5)15-17-29(30,7)24(26)21(19)3/h19-25,31H,9-18H2,1-8H3. The van der Waals surface area contributed by atoms with E-state index in [1.807, 2.05) is 0 Å². The van der Waals surface area contributed by atoms with Crippen LogP contribution < -0.4 is 0 Å². The average molecular weight is 429 g/mol. The minimum absolute atomic E-state index is 0.114. The van der Waals surface area contributed by atoms with Gasteiger partial charge in [0.25, 0.3) is 0 Å². The third kappa shape index (κ3) is 2.65. The Labute approximate surface area is 193 Å². The van der Waals surface area contributed by atoms with Crippen molar-refractivity contribution in [2.24, 2.45) is 62.6 Å². The van der Waals surface area contributed by atoms with Crippen molar-refractivity contribution >= 4 is 0 Å². The van der Waals surface area contributed by atoms with Gasteiger partial charge in [0, 0.05) is 0 Å². The molecule has 0 aromatic heterocycles. The van der Waals surface area contributed by atoms with Gasteiger partial charge in [-0.15, -0.1) is 0 Å². The molecule has 5 fully saturated rings. The fourth-order valence-electron chi connectivity index (χ4n) is 12.0. The second kappa shape index (κ2) is 6.76. The van der Waals surface area contributed by atoms with E-state index >= 15 is 0 Å². The maximum Gasteiger partial charge on any atom is 0.0584 e. The third-order valence-electron chi connectivity index (χ3n) is 14.0.